The molecule has 5 rings (SSSR count). The van der Waals surface area contributed by atoms with Crippen molar-refractivity contribution in [1.82, 2.24) is 9.55 Å². The van der Waals surface area contributed by atoms with Gasteiger partial charge in [0.25, 0.3) is 5.56 Å². The standard InChI is InChI=1S/C25H27ClN2O.C2H6/c1-3-8-16(2)17-11-12-20-18(15-17)25(13-5-4-6-14-25)24-27-23(29)22-19(26)9-7-10-21(22)28(20)24;1-2/h7,9-12,15-16H,3-6,8,13-14H2,1-2H3;1-2H3. The second-order valence-corrected chi connectivity index (χ2v) is 9.23. The topological polar surface area (TPSA) is 34.9 Å². The first-order chi connectivity index (χ1) is 15.1. The molecule has 1 saturated carbocycles. The van der Waals surface area contributed by atoms with Crippen molar-refractivity contribution in [3.63, 3.8) is 0 Å². The van der Waals surface area contributed by atoms with Crippen LogP contribution in [0, 0.1) is 0 Å². The molecule has 1 aromatic heterocycles. The minimum Gasteiger partial charge on any atom is -0.296 e. The molecule has 1 aliphatic carbocycles. The zero-order valence-electron chi connectivity index (χ0n) is 19.2. The van der Waals surface area contributed by atoms with Crippen molar-refractivity contribution < 1.29 is 0 Å². The van der Waals surface area contributed by atoms with Crippen LogP contribution in [-0.2, 0) is 5.41 Å². The summed E-state index contributed by atoms with van der Waals surface area (Å²) in [4.78, 5) is 17.7. The number of halogens is 1. The highest BCUT2D eigenvalue weighted by atomic mass is 35.5. The largest absolute Gasteiger partial charge is 0.296 e. The highest BCUT2D eigenvalue weighted by molar-refractivity contribution is 6.35. The summed E-state index contributed by atoms with van der Waals surface area (Å²) < 4.78 is 2.22. The van der Waals surface area contributed by atoms with Gasteiger partial charge in [-0.3, -0.25) is 9.36 Å². The maximum Gasteiger partial charge on any atom is 0.282 e. The van der Waals surface area contributed by atoms with E-state index in [0.717, 1.165) is 24.2 Å². The predicted octanol–water partition coefficient (Wildman–Crippen LogP) is 7.53. The number of benzene rings is 2. The predicted molar refractivity (Wildman–Crippen MR) is 131 cm³/mol. The monoisotopic (exact) mass is 436 g/mol. The number of aromatic nitrogens is 2. The Morgan fingerprint density at radius 2 is 1.87 bits per heavy atom. The highest BCUT2D eigenvalue weighted by Crippen LogP contribution is 2.52. The smallest absolute Gasteiger partial charge is 0.282 e. The van der Waals surface area contributed by atoms with E-state index in [0.29, 0.717) is 16.3 Å². The summed E-state index contributed by atoms with van der Waals surface area (Å²) >= 11 is 6.42. The molecular formula is C27H33ClN2O. The van der Waals surface area contributed by atoms with Crippen molar-refractivity contribution in [1.29, 1.82) is 0 Å². The molecule has 2 heterocycles. The Labute approximate surface area is 190 Å². The van der Waals surface area contributed by atoms with Crippen LogP contribution in [-0.4, -0.2) is 9.55 Å². The average molecular weight is 437 g/mol. The fourth-order valence-electron chi connectivity index (χ4n) is 5.60. The Morgan fingerprint density at radius 3 is 2.58 bits per heavy atom. The van der Waals surface area contributed by atoms with Gasteiger partial charge in [0.2, 0.25) is 0 Å². The maximum absolute atomic E-state index is 13.0. The number of fused-ring (bicyclic) bond motifs is 7. The minimum absolute atomic E-state index is 0.148. The van der Waals surface area contributed by atoms with Crippen LogP contribution in [0.3, 0.4) is 0 Å². The van der Waals surface area contributed by atoms with Crippen molar-refractivity contribution in [2.24, 2.45) is 0 Å². The third kappa shape index (κ3) is 3.42. The van der Waals surface area contributed by atoms with Gasteiger partial charge in [0.1, 0.15) is 5.82 Å². The molecule has 0 bridgehead atoms. The van der Waals surface area contributed by atoms with Gasteiger partial charge in [0, 0.05) is 0 Å². The van der Waals surface area contributed by atoms with Gasteiger partial charge in [-0.15, -0.1) is 0 Å². The molecule has 1 atom stereocenters. The lowest BCUT2D eigenvalue weighted by atomic mass is 9.69. The van der Waals surface area contributed by atoms with Crippen LogP contribution in [0.25, 0.3) is 16.6 Å². The Morgan fingerprint density at radius 1 is 1.13 bits per heavy atom. The average Bonchev–Trinajstić information content (AvgIpc) is 3.05. The Kier molecular flexibility index (Phi) is 6.25. The molecule has 0 radical (unpaired) electrons. The van der Waals surface area contributed by atoms with Crippen molar-refractivity contribution in [2.45, 2.75) is 84.0 Å². The van der Waals surface area contributed by atoms with Crippen LogP contribution in [0.4, 0.5) is 0 Å². The second-order valence-electron chi connectivity index (χ2n) is 8.82. The van der Waals surface area contributed by atoms with Gasteiger partial charge in [0.15, 0.2) is 0 Å². The Hall–Kier alpha value is -2.13. The van der Waals surface area contributed by atoms with Gasteiger partial charge in [-0.1, -0.05) is 83.2 Å². The molecule has 31 heavy (non-hydrogen) atoms. The highest BCUT2D eigenvalue weighted by Gasteiger charge is 2.46. The summed E-state index contributed by atoms with van der Waals surface area (Å²) in [7, 11) is 0. The van der Waals surface area contributed by atoms with Gasteiger partial charge in [0.05, 0.1) is 27.0 Å². The lowest BCUT2D eigenvalue weighted by Crippen LogP contribution is -2.32. The third-order valence-electron chi connectivity index (χ3n) is 7.07. The van der Waals surface area contributed by atoms with Crippen LogP contribution in [0.15, 0.2) is 41.2 Å². The number of hydrogen-bond donors (Lipinski definition) is 0. The molecule has 3 nitrogen and oxygen atoms in total. The van der Waals surface area contributed by atoms with E-state index in [1.807, 2.05) is 26.0 Å². The summed E-state index contributed by atoms with van der Waals surface area (Å²) in [6.07, 6.45) is 8.10. The molecule has 2 aromatic carbocycles. The van der Waals surface area contributed by atoms with Crippen LogP contribution in [0.2, 0.25) is 5.02 Å². The second kappa shape index (κ2) is 8.78. The van der Waals surface area contributed by atoms with Gasteiger partial charge < -0.3 is 0 Å². The molecule has 0 amide bonds. The quantitative estimate of drug-likeness (QED) is 0.425. The number of hydrogen-bond acceptors (Lipinski definition) is 2. The lowest BCUT2D eigenvalue weighted by Gasteiger charge is -2.34. The minimum atomic E-state index is -0.200. The van der Waals surface area contributed by atoms with Crippen molar-refractivity contribution >= 4 is 22.5 Å². The van der Waals surface area contributed by atoms with E-state index >= 15 is 0 Å². The first-order valence-corrected chi connectivity index (χ1v) is 12.3. The first kappa shape index (κ1) is 22.1. The number of nitrogens with zero attached hydrogens (tertiary/aromatic N) is 2. The van der Waals surface area contributed by atoms with Gasteiger partial charge in [-0.05, 0) is 54.5 Å². The van der Waals surface area contributed by atoms with Gasteiger partial charge in [-0.25, -0.2) is 0 Å². The summed E-state index contributed by atoms with van der Waals surface area (Å²) in [6.45, 7) is 8.56. The SMILES string of the molecule is CC.CCCC(C)c1ccc2c(c1)C1(CCCCC1)c1nc(=O)c3c(Cl)cccc3n1-2. The number of rotatable bonds is 3. The molecule has 1 fully saturated rings. The van der Waals surface area contributed by atoms with Crippen molar-refractivity contribution in [2.75, 3.05) is 0 Å². The van der Waals surface area contributed by atoms with E-state index in [9.17, 15) is 4.79 Å². The molecule has 0 N–H and O–H groups in total. The molecule has 2 aliphatic rings. The molecular weight excluding hydrogens is 404 g/mol. The fraction of sp³-hybridized carbons (Fsp3) is 0.481. The van der Waals surface area contributed by atoms with Crippen LogP contribution >= 0.6 is 11.6 Å². The van der Waals surface area contributed by atoms with E-state index in [-0.39, 0.29) is 11.0 Å². The molecule has 3 aromatic rings. The van der Waals surface area contributed by atoms with Gasteiger partial charge in [-0.2, -0.15) is 4.98 Å². The summed E-state index contributed by atoms with van der Waals surface area (Å²) in [5, 5.41) is 1.01. The zero-order valence-corrected chi connectivity index (χ0v) is 19.9. The summed E-state index contributed by atoms with van der Waals surface area (Å²) in [5.74, 6) is 1.46. The van der Waals surface area contributed by atoms with Gasteiger partial charge >= 0.3 is 0 Å². The molecule has 0 saturated heterocycles. The molecule has 1 unspecified atom stereocenters. The fourth-order valence-corrected chi connectivity index (χ4v) is 5.85. The molecule has 1 aliphatic heterocycles. The molecule has 1 spiro atoms. The van der Waals surface area contributed by atoms with Crippen molar-refractivity contribution in [3.05, 3.63) is 68.7 Å². The van der Waals surface area contributed by atoms with Crippen molar-refractivity contribution in [3.8, 4) is 5.69 Å². The third-order valence-corrected chi connectivity index (χ3v) is 7.38. The van der Waals surface area contributed by atoms with E-state index in [1.165, 1.54) is 48.9 Å². The Bertz CT molecular complexity index is 1160. The van der Waals surface area contributed by atoms with E-state index in [4.69, 9.17) is 11.6 Å². The normalized spacial score (nSPS) is 17.1. The van der Waals surface area contributed by atoms with E-state index in [2.05, 4.69) is 41.6 Å². The lowest BCUT2D eigenvalue weighted by molar-refractivity contribution is 0.338. The molecule has 4 heteroatoms. The van der Waals surface area contributed by atoms with Crippen LogP contribution < -0.4 is 5.56 Å². The Balaban J connectivity index is 0.00000112. The van der Waals surface area contributed by atoms with Crippen LogP contribution in [0.5, 0.6) is 0 Å². The van der Waals surface area contributed by atoms with Crippen LogP contribution in [0.1, 0.15) is 95.5 Å². The molecule has 164 valence electrons. The summed E-state index contributed by atoms with van der Waals surface area (Å²) in [6, 6.07) is 12.6. The maximum atomic E-state index is 13.0. The van der Waals surface area contributed by atoms with E-state index < -0.39 is 0 Å². The first-order valence-electron chi connectivity index (χ1n) is 11.9. The summed E-state index contributed by atoms with van der Waals surface area (Å²) in [5.41, 5.74) is 4.46. The zero-order chi connectivity index (χ0) is 22.2. The van der Waals surface area contributed by atoms with E-state index in [1.54, 1.807) is 6.07 Å².